The Kier molecular flexibility index (Phi) is 3.57. The van der Waals surface area contributed by atoms with Crippen molar-refractivity contribution in [1.29, 1.82) is 0 Å². The van der Waals surface area contributed by atoms with Gasteiger partial charge in [-0.3, -0.25) is 0 Å². The van der Waals surface area contributed by atoms with E-state index in [4.69, 9.17) is 5.73 Å². The van der Waals surface area contributed by atoms with Gasteiger partial charge in [0.2, 0.25) is 0 Å². The maximum Gasteiger partial charge on any atom is -0.00461 e. The van der Waals surface area contributed by atoms with E-state index < -0.39 is 0 Å². The Bertz CT molecular complexity index is 133. The van der Waals surface area contributed by atoms with Gasteiger partial charge in [-0.15, -0.1) is 0 Å². The van der Waals surface area contributed by atoms with Crippen LogP contribution in [-0.4, -0.2) is 6.54 Å². The summed E-state index contributed by atoms with van der Waals surface area (Å²) in [6, 6.07) is 0. The predicted octanol–water partition coefficient (Wildman–Crippen LogP) is 2.65. The average Bonchev–Trinajstić information content (AvgIpc) is 2.09. The molecule has 2 N–H and O–H groups in total. The molecule has 1 saturated carbocycles. The summed E-state index contributed by atoms with van der Waals surface area (Å²) in [5.74, 6) is 3.47. The van der Waals surface area contributed by atoms with E-state index in [2.05, 4.69) is 20.8 Å². The Labute approximate surface area is 76.7 Å². The molecule has 0 aromatic heterocycles. The fourth-order valence-electron chi connectivity index (χ4n) is 2.59. The van der Waals surface area contributed by atoms with Gasteiger partial charge in [0.15, 0.2) is 0 Å². The van der Waals surface area contributed by atoms with E-state index in [1.54, 1.807) is 0 Å². The van der Waals surface area contributed by atoms with Crippen molar-refractivity contribution >= 4 is 0 Å². The van der Waals surface area contributed by atoms with E-state index in [0.717, 1.165) is 30.2 Å². The molecule has 0 saturated heterocycles. The molecule has 0 unspecified atom stereocenters. The quantitative estimate of drug-likeness (QED) is 0.675. The highest BCUT2D eigenvalue weighted by atomic mass is 14.6. The molecule has 0 bridgehead atoms. The average molecular weight is 169 g/mol. The summed E-state index contributed by atoms with van der Waals surface area (Å²) in [6.07, 6.45) is 4.14. The maximum atomic E-state index is 5.77. The van der Waals surface area contributed by atoms with Gasteiger partial charge in [-0.25, -0.2) is 0 Å². The van der Waals surface area contributed by atoms with Crippen LogP contribution in [0.25, 0.3) is 0 Å². The Morgan fingerprint density at radius 1 is 1.25 bits per heavy atom. The van der Waals surface area contributed by atoms with Crippen molar-refractivity contribution in [3.05, 3.63) is 0 Å². The molecular weight excluding hydrogens is 146 g/mol. The minimum atomic E-state index is 0.790. The third-order valence-electron chi connectivity index (χ3n) is 3.86. The number of hydrogen-bond acceptors (Lipinski definition) is 1. The molecule has 0 heterocycles. The van der Waals surface area contributed by atoms with Crippen LogP contribution in [0.1, 0.15) is 40.0 Å². The van der Waals surface area contributed by atoms with Crippen LogP contribution < -0.4 is 5.73 Å². The molecule has 1 aliphatic carbocycles. The van der Waals surface area contributed by atoms with Crippen LogP contribution in [0.2, 0.25) is 0 Å². The van der Waals surface area contributed by atoms with Gasteiger partial charge in [-0.2, -0.15) is 0 Å². The number of nitrogens with two attached hydrogens (primary N) is 1. The van der Waals surface area contributed by atoms with Crippen LogP contribution in [0.3, 0.4) is 0 Å². The van der Waals surface area contributed by atoms with Crippen molar-refractivity contribution in [1.82, 2.24) is 0 Å². The third kappa shape index (κ3) is 2.01. The second-order valence-electron chi connectivity index (χ2n) is 4.58. The van der Waals surface area contributed by atoms with Gasteiger partial charge in [0.05, 0.1) is 0 Å². The molecule has 0 aromatic rings. The summed E-state index contributed by atoms with van der Waals surface area (Å²) in [5.41, 5.74) is 5.77. The molecule has 1 aliphatic rings. The van der Waals surface area contributed by atoms with Crippen molar-refractivity contribution < 1.29 is 0 Å². The van der Waals surface area contributed by atoms with Crippen molar-refractivity contribution in [3.63, 3.8) is 0 Å². The highest BCUT2D eigenvalue weighted by Gasteiger charge is 2.30. The van der Waals surface area contributed by atoms with Crippen LogP contribution in [0.4, 0.5) is 0 Å². The van der Waals surface area contributed by atoms with Gasteiger partial charge in [-0.1, -0.05) is 27.2 Å². The summed E-state index contributed by atoms with van der Waals surface area (Å²) >= 11 is 0. The monoisotopic (exact) mass is 169 g/mol. The molecule has 1 nitrogen and oxygen atoms in total. The predicted molar refractivity (Wildman–Crippen MR) is 53.9 cm³/mol. The highest BCUT2D eigenvalue weighted by Crippen LogP contribution is 2.38. The van der Waals surface area contributed by atoms with Gasteiger partial charge in [0.25, 0.3) is 0 Å². The topological polar surface area (TPSA) is 26.0 Å². The van der Waals surface area contributed by atoms with Gasteiger partial charge in [0, 0.05) is 0 Å². The van der Waals surface area contributed by atoms with Gasteiger partial charge in [-0.05, 0) is 43.1 Å². The van der Waals surface area contributed by atoms with Crippen LogP contribution in [0, 0.1) is 23.7 Å². The Hall–Kier alpha value is -0.0400. The summed E-state index contributed by atoms with van der Waals surface area (Å²) < 4.78 is 0. The lowest BCUT2D eigenvalue weighted by Crippen LogP contribution is -2.33. The van der Waals surface area contributed by atoms with Crippen LogP contribution in [0.5, 0.6) is 0 Å². The molecule has 0 radical (unpaired) electrons. The molecule has 1 fully saturated rings. The first-order chi connectivity index (χ1) is 5.69. The first kappa shape index (κ1) is 10.0. The van der Waals surface area contributed by atoms with Gasteiger partial charge >= 0.3 is 0 Å². The first-order valence-electron chi connectivity index (χ1n) is 5.39. The number of rotatable bonds is 2. The van der Waals surface area contributed by atoms with E-state index in [0.29, 0.717) is 0 Å². The zero-order valence-corrected chi connectivity index (χ0v) is 8.72. The molecule has 0 amide bonds. The molecule has 0 spiro atoms. The first-order valence-corrected chi connectivity index (χ1v) is 5.39. The lowest BCUT2D eigenvalue weighted by Gasteiger charge is -2.38. The summed E-state index contributed by atoms with van der Waals surface area (Å²) in [4.78, 5) is 0. The van der Waals surface area contributed by atoms with E-state index in [1.165, 1.54) is 19.3 Å². The minimum Gasteiger partial charge on any atom is -0.330 e. The van der Waals surface area contributed by atoms with Crippen molar-refractivity contribution in [3.8, 4) is 0 Å². The van der Waals surface area contributed by atoms with Crippen molar-refractivity contribution in [2.24, 2.45) is 29.4 Å². The summed E-state index contributed by atoms with van der Waals surface area (Å²) in [7, 11) is 0. The lowest BCUT2D eigenvalue weighted by molar-refractivity contribution is 0.132. The van der Waals surface area contributed by atoms with E-state index in [-0.39, 0.29) is 0 Å². The normalized spacial score (nSPS) is 43.0. The van der Waals surface area contributed by atoms with E-state index in [1.807, 2.05) is 0 Å². The fraction of sp³-hybridized carbons (Fsp3) is 1.00. The zero-order valence-electron chi connectivity index (χ0n) is 8.72. The molecule has 12 heavy (non-hydrogen) atoms. The summed E-state index contributed by atoms with van der Waals surface area (Å²) in [5, 5.41) is 0. The Morgan fingerprint density at radius 2 is 1.92 bits per heavy atom. The molecule has 1 heteroatoms. The second-order valence-corrected chi connectivity index (χ2v) is 4.58. The lowest BCUT2D eigenvalue weighted by atomic mass is 9.68. The zero-order chi connectivity index (χ0) is 9.14. The van der Waals surface area contributed by atoms with Crippen molar-refractivity contribution in [2.75, 3.05) is 6.54 Å². The molecule has 4 atom stereocenters. The van der Waals surface area contributed by atoms with E-state index in [9.17, 15) is 0 Å². The molecule has 72 valence electrons. The summed E-state index contributed by atoms with van der Waals surface area (Å²) in [6.45, 7) is 7.95. The SMILES string of the molecule is CC[C@@H]1C[C@H](CN)[C@H](C)[C@H](C)C1. The third-order valence-corrected chi connectivity index (χ3v) is 3.86. The Balaban J connectivity index is 2.52. The highest BCUT2D eigenvalue weighted by molar-refractivity contribution is 4.81. The van der Waals surface area contributed by atoms with E-state index >= 15 is 0 Å². The Morgan fingerprint density at radius 3 is 2.42 bits per heavy atom. The molecule has 1 rings (SSSR count). The van der Waals surface area contributed by atoms with Crippen molar-refractivity contribution in [2.45, 2.75) is 40.0 Å². The molecule has 0 aliphatic heterocycles. The maximum absolute atomic E-state index is 5.77. The smallest absolute Gasteiger partial charge is 0.00461 e. The van der Waals surface area contributed by atoms with Crippen LogP contribution >= 0.6 is 0 Å². The fourth-order valence-corrected chi connectivity index (χ4v) is 2.59. The number of hydrogen-bond donors (Lipinski definition) is 1. The van der Waals surface area contributed by atoms with Crippen LogP contribution in [-0.2, 0) is 0 Å². The molecule has 0 aromatic carbocycles. The standard InChI is InChI=1S/C11H23N/c1-4-10-5-8(2)9(3)11(6-10)7-12/h8-11H,4-7,12H2,1-3H3/t8-,9-,10+,11-/m1/s1. The van der Waals surface area contributed by atoms with Crippen LogP contribution in [0.15, 0.2) is 0 Å². The van der Waals surface area contributed by atoms with Gasteiger partial charge < -0.3 is 5.73 Å². The largest absolute Gasteiger partial charge is 0.330 e. The second kappa shape index (κ2) is 4.27. The molecular formula is C11H23N. The van der Waals surface area contributed by atoms with Gasteiger partial charge in [0.1, 0.15) is 0 Å². The minimum absolute atomic E-state index is 0.790.